The molecule has 0 radical (unpaired) electrons. The van der Waals surface area contributed by atoms with Crippen LogP contribution >= 0.6 is 0 Å². The number of methoxy groups -OCH3 is 2. The van der Waals surface area contributed by atoms with E-state index in [0.29, 0.717) is 23.6 Å². The van der Waals surface area contributed by atoms with E-state index in [2.05, 4.69) is 22.8 Å². The maximum absolute atomic E-state index is 5.53. The summed E-state index contributed by atoms with van der Waals surface area (Å²) in [6, 6.07) is 18.2. The van der Waals surface area contributed by atoms with Gasteiger partial charge in [-0.3, -0.25) is 0 Å². The van der Waals surface area contributed by atoms with E-state index in [-0.39, 0.29) is 0 Å². The number of rotatable bonds is 7. The lowest BCUT2D eigenvalue weighted by atomic mass is 9.96. The Morgan fingerprint density at radius 2 is 1.67 bits per heavy atom. The molecule has 1 heterocycles. The Hall–Kier alpha value is -3.28. The molecule has 30 heavy (non-hydrogen) atoms. The second kappa shape index (κ2) is 9.48. The predicted molar refractivity (Wildman–Crippen MR) is 121 cm³/mol. The summed E-state index contributed by atoms with van der Waals surface area (Å²) in [5.74, 6) is 2.80. The molecule has 6 heteroatoms. The highest BCUT2D eigenvalue weighted by Crippen LogP contribution is 2.32. The fourth-order valence-corrected chi connectivity index (χ4v) is 3.80. The van der Waals surface area contributed by atoms with Gasteiger partial charge in [0.05, 0.1) is 25.6 Å². The Morgan fingerprint density at radius 3 is 2.40 bits per heavy atom. The topological polar surface area (TPSA) is 68.3 Å². The van der Waals surface area contributed by atoms with E-state index in [1.54, 1.807) is 14.2 Å². The van der Waals surface area contributed by atoms with Gasteiger partial charge in [-0.15, -0.1) is 0 Å². The largest absolute Gasteiger partial charge is 0.497 e. The van der Waals surface area contributed by atoms with Crippen molar-refractivity contribution in [2.24, 2.45) is 0 Å². The molecule has 3 aromatic rings. The lowest BCUT2D eigenvalue weighted by Gasteiger charge is -2.23. The Labute approximate surface area is 177 Å². The molecule has 1 aliphatic carbocycles. The SMILES string of the molecule is COc1ccc(Nc2cc(-c3ccccc3)nc(NC3CCCCC3)n2)c(OC)c1. The van der Waals surface area contributed by atoms with Crippen LogP contribution in [-0.4, -0.2) is 30.2 Å². The van der Waals surface area contributed by atoms with E-state index >= 15 is 0 Å². The van der Waals surface area contributed by atoms with Crippen molar-refractivity contribution in [2.75, 3.05) is 24.9 Å². The molecule has 0 aliphatic heterocycles. The van der Waals surface area contributed by atoms with Crippen LogP contribution in [0.1, 0.15) is 32.1 Å². The van der Waals surface area contributed by atoms with Crippen molar-refractivity contribution in [3.63, 3.8) is 0 Å². The van der Waals surface area contributed by atoms with Crippen LogP contribution in [0.2, 0.25) is 0 Å². The number of hydrogen-bond acceptors (Lipinski definition) is 6. The zero-order valence-electron chi connectivity index (χ0n) is 17.5. The van der Waals surface area contributed by atoms with Crippen LogP contribution in [0.4, 0.5) is 17.5 Å². The van der Waals surface area contributed by atoms with Gasteiger partial charge in [0.2, 0.25) is 5.95 Å². The molecule has 0 spiro atoms. The normalized spacial score (nSPS) is 14.2. The molecule has 1 fully saturated rings. The lowest BCUT2D eigenvalue weighted by Crippen LogP contribution is -2.23. The number of aromatic nitrogens is 2. The van der Waals surface area contributed by atoms with E-state index in [4.69, 9.17) is 19.4 Å². The number of ether oxygens (including phenoxy) is 2. The Morgan fingerprint density at radius 1 is 0.867 bits per heavy atom. The molecule has 0 bridgehead atoms. The molecule has 2 N–H and O–H groups in total. The summed E-state index contributed by atoms with van der Waals surface area (Å²) in [6.07, 6.45) is 6.14. The zero-order valence-corrected chi connectivity index (χ0v) is 17.5. The highest BCUT2D eigenvalue weighted by molar-refractivity contribution is 5.70. The van der Waals surface area contributed by atoms with Gasteiger partial charge in [0.25, 0.3) is 0 Å². The number of benzene rings is 2. The van der Waals surface area contributed by atoms with Crippen LogP contribution in [-0.2, 0) is 0 Å². The van der Waals surface area contributed by atoms with Crippen molar-refractivity contribution in [1.82, 2.24) is 9.97 Å². The highest BCUT2D eigenvalue weighted by atomic mass is 16.5. The van der Waals surface area contributed by atoms with Gasteiger partial charge in [0.15, 0.2) is 0 Å². The quantitative estimate of drug-likeness (QED) is 0.530. The fraction of sp³-hybridized carbons (Fsp3) is 0.333. The molecule has 0 unspecified atom stereocenters. The van der Waals surface area contributed by atoms with Gasteiger partial charge in [-0.25, -0.2) is 4.98 Å². The summed E-state index contributed by atoms with van der Waals surface area (Å²) in [7, 11) is 3.28. The number of hydrogen-bond donors (Lipinski definition) is 2. The van der Waals surface area contributed by atoms with Crippen LogP contribution in [0.25, 0.3) is 11.3 Å². The van der Waals surface area contributed by atoms with Gasteiger partial charge in [0, 0.05) is 23.7 Å². The molecular formula is C24H28N4O2. The minimum Gasteiger partial charge on any atom is -0.497 e. The predicted octanol–water partition coefficient (Wildman–Crippen LogP) is 5.65. The third-order valence-electron chi connectivity index (χ3n) is 5.41. The van der Waals surface area contributed by atoms with E-state index < -0.39 is 0 Å². The van der Waals surface area contributed by atoms with Gasteiger partial charge in [-0.05, 0) is 25.0 Å². The van der Waals surface area contributed by atoms with Crippen molar-refractivity contribution < 1.29 is 9.47 Å². The molecule has 0 saturated heterocycles. The Bertz CT molecular complexity index is 972. The summed E-state index contributed by atoms with van der Waals surface area (Å²) in [4.78, 5) is 9.54. The minimum atomic E-state index is 0.424. The molecule has 0 amide bonds. The summed E-state index contributed by atoms with van der Waals surface area (Å²) in [5, 5.41) is 6.94. The van der Waals surface area contributed by atoms with E-state index in [1.165, 1.54) is 19.3 Å². The molecule has 2 aromatic carbocycles. The van der Waals surface area contributed by atoms with Crippen molar-refractivity contribution >= 4 is 17.5 Å². The summed E-state index contributed by atoms with van der Waals surface area (Å²) in [5.41, 5.74) is 2.75. The van der Waals surface area contributed by atoms with Crippen molar-refractivity contribution in [1.29, 1.82) is 0 Å². The number of nitrogens with zero attached hydrogens (tertiary/aromatic N) is 2. The molecule has 156 valence electrons. The molecule has 1 aromatic heterocycles. The first-order valence-electron chi connectivity index (χ1n) is 10.5. The number of anilines is 3. The van der Waals surface area contributed by atoms with E-state index in [0.717, 1.165) is 35.5 Å². The lowest BCUT2D eigenvalue weighted by molar-refractivity contribution is 0.395. The van der Waals surface area contributed by atoms with E-state index in [9.17, 15) is 0 Å². The molecule has 1 saturated carbocycles. The van der Waals surface area contributed by atoms with Crippen molar-refractivity contribution in [3.05, 3.63) is 54.6 Å². The van der Waals surface area contributed by atoms with Gasteiger partial charge in [-0.2, -0.15) is 4.98 Å². The summed E-state index contributed by atoms with van der Waals surface area (Å²) >= 11 is 0. The molecule has 4 rings (SSSR count). The van der Waals surface area contributed by atoms with Crippen LogP contribution in [0, 0.1) is 0 Å². The third-order valence-corrected chi connectivity index (χ3v) is 5.41. The van der Waals surface area contributed by atoms with Gasteiger partial charge >= 0.3 is 0 Å². The summed E-state index contributed by atoms with van der Waals surface area (Å²) in [6.45, 7) is 0. The Kier molecular flexibility index (Phi) is 6.32. The fourth-order valence-electron chi connectivity index (χ4n) is 3.80. The molecule has 6 nitrogen and oxygen atoms in total. The van der Waals surface area contributed by atoms with Gasteiger partial charge in [-0.1, -0.05) is 49.6 Å². The average Bonchev–Trinajstić information content (AvgIpc) is 2.80. The first-order chi connectivity index (χ1) is 14.7. The van der Waals surface area contributed by atoms with Crippen molar-refractivity contribution in [2.45, 2.75) is 38.1 Å². The minimum absolute atomic E-state index is 0.424. The van der Waals surface area contributed by atoms with Crippen LogP contribution in [0.3, 0.4) is 0 Å². The number of nitrogens with one attached hydrogen (secondary N) is 2. The van der Waals surface area contributed by atoms with Crippen molar-refractivity contribution in [3.8, 4) is 22.8 Å². The maximum atomic E-state index is 5.53. The standard InChI is InChI=1S/C24H28N4O2/c1-29-19-13-14-20(22(15-19)30-2)26-23-16-21(17-9-5-3-6-10-17)27-24(28-23)25-18-11-7-4-8-12-18/h3,5-6,9-10,13-16,18H,4,7-8,11-12H2,1-2H3,(H2,25,26,27,28). The molecular weight excluding hydrogens is 376 g/mol. The van der Waals surface area contributed by atoms with Gasteiger partial charge in [0.1, 0.15) is 17.3 Å². The third kappa shape index (κ3) is 4.82. The first kappa shape index (κ1) is 20.0. The highest BCUT2D eigenvalue weighted by Gasteiger charge is 2.16. The van der Waals surface area contributed by atoms with E-state index in [1.807, 2.05) is 42.5 Å². The average molecular weight is 405 g/mol. The monoisotopic (exact) mass is 404 g/mol. The summed E-state index contributed by atoms with van der Waals surface area (Å²) < 4.78 is 10.8. The first-order valence-corrected chi connectivity index (χ1v) is 10.5. The van der Waals surface area contributed by atoms with Gasteiger partial charge < -0.3 is 20.1 Å². The zero-order chi connectivity index (χ0) is 20.8. The second-order valence-corrected chi connectivity index (χ2v) is 7.50. The molecule has 1 aliphatic rings. The van der Waals surface area contributed by atoms with Crippen LogP contribution in [0.15, 0.2) is 54.6 Å². The van der Waals surface area contributed by atoms with Crippen LogP contribution < -0.4 is 20.1 Å². The van der Waals surface area contributed by atoms with Crippen LogP contribution in [0.5, 0.6) is 11.5 Å². The smallest absolute Gasteiger partial charge is 0.225 e. The Balaban J connectivity index is 1.66. The second-order valence-electron chi connectivity index (χ2n) is 7.50. The molecule has 0 atom stereocenters. The maximum Gasteiger partial charge on any atom is 0.225 e.